The largest absolute Gasteiger partial charge is 0.573 e. The molecule has 0 spiro atoms. The van der Waals surface area contributed by atoms with Gasteiger partial charge in [0, 0.05) is 6.07 Å². The summed E-state index contributed by atoms with van der Waals surface area (Å²) >= 11 is 3.38. The van der Waals surface area contributed by atoms with Crippen molar-refractivity contribution in [3.8, 4) is 5.75 Å². The quantitative estimate of drug-likeness (QED) is 0.549. The minimum atomic E-state index is -4.78. The van der Waals surface area contributed by atoms with E-state index in [0.717, 1.165) is 6.07 Å². The zero-order valence-electron chi connectivity index (χ0n) is 6.28. The van der Waals surface area contributed by atoms with Gasteiger partial charge in [0.25, 0.3) is 5.56 Å². The maximum atomic E-state index is 11.8. The molecule has 0 aliphatic rings. The van der Waals surface area contributed by atoms with Crippen LogP contribution in [-0.2, 0) is 0 Å². The number of alkyl halides is 3. The van der Waals surface area contributed by atoms with Gasteiger partial charge in [-0.25, -0.2) is 0 Å². The number of ether oxygens (including phenoxy) is 1. The first-order valence-corrected chi connectivity index (χ1v) is 5.29. The van der Waals surface area contributed by atoms with E-state index in [1.165, 1.54) is 0 Å². The molecule has 0 aliphatic heterocycles. The third kappa shape index (κ3) is 3.29. The highest BCUT2D eigenvalue weighted by Crippen LogP contribution is 2.27. The maximum Gasteiger partial charge on any atom is 0.573 e. The smallest absolute Gasteiger partial charge is 0.404 e. The third-order valence-electron chi connectivity index (χ3n) is 1.13. The summed E-state index contributed by atoms with van der Waals surface area (Å²) in [6, 6.07) is 0.761. The SMILES string of the molecule is O=c1cc(OC(F)(F)F)c(I)c(I)[nH]1. The Morgan fingerprint density at radius 2 is 1.93 bits per heavy atom. The lowest BCUT2D eigenvalue weighted by molar-refractivity contribution is -0.275. The van der Waals surface area contributed by atoms with Gasteiger partial charge in [-0.2, -0.15) is 0 Å². The van der Waals surface area contributed by atoms with Crippen molar-refractivity contribution in [1.29, 1.82) is 0 Å². The Labute approximate surface area is 103 Å². The lowest BCUT2D eigenvalue weighted by Crippen LogP contribution is -2.20. The molecule has 0 fully saturated rings. The third-order valence-corrected chi connectivity index (χ3v) is 4.04. The molecule has 14 heavy (non-hydrogen) atoms. The first-order valence-electron chi connectivity index (χ1n) is 3.13. The van der Waals surface area contributed by atoms with Crippen LogP contribution in [0.15, 0.2) is 10.9 Å². The number of hydrogen-bond donors (Lipinski definition) is 1. The number of pyridine rings is 1. The van der Waals surface area contributed by atoms with Crippen molar-refractivity contribution in [3.05, 3.63) is 23.7 Å². The van der Waals surface area contributed by atoms with Crippen molar-refractivity contribution in [1.82, 2.24) is 4.98 Å². The van der Waals surface area contributed by atoms with Gasteiger partial charge in [0.05, 0.1) is 7.27 Å². The Hall–Kier alpha value is -0.000000000000000389. The van der Waals surface area contributed by atoms with Gasteiger partial charge >= 0.3 is 6.36 Å². The van der Waals surface area contributed by atoms with Crippen molar-refractivity contribution in [2.45, 2.75) is 6.36 Å². The number of halogens is 5. The fourth-order valence-electron chi connectivity index (χ4n) is 0.689. The molecule has 0 radical (unpaired) electrons. The van der Waals surface area contributed by atoms with Crippen LogP contribution in [0.4, 0.5) is 13.2 Å². The summed E-state index contributed by atoms with van der Waals surface area (Å²) in [5, 5.41) is 0. The van der Waals surface area contributed by atoms with E-state index in [1.807, 2.05) is 0 Å². The van der Waals surface area contributed by atoms with Crippen LogP contribution in [0.3, 0.4) is 0 Å². The molecule has 3 nitrogen and oxygen atoms in total. The van der Waals surface area contributed by atoms with Crippen molar-refractivity contribution < 1.29 is 17.9 Å². The fourth-order valence-corrected chi connectivity index (χ4v) is 1.62. The van der Waals surface area contributed by atoms with Gasteiger partial charge in [0.15, 0.2) is 5.75 Å². The van der Waals surface area contributed by atoms with Crippen molar-refractivity contribution in [2.75, 3.05) is 0 Å². The molecule has 0 aliphatic carbocycles. The Kier molecular flexibility index (Phi) is 3.66. The second-order valence-corrected chi connectivity index (χ2v) is 4.33. The average molecular weight is 431 g/mol. The van der Waals surface area contributed by atoms with Crippen LogP contribution in [0.1, 0.15) is 0 Å². The molecule has 1 N–H and O–H groups in total. The molecule has 78 valence electrons. The number of nitrogens with one attached hydrogen (secondary N) is 1. The number of H-pyrrole nitrogens is 1. The fraction of sp³-hybridized carbons (Fsp3) is 0.167. The molecule has 0 saturated carbocycles. The Balaban J connectivity index is 3.15. The molecular weight excluding hydrogens is 429 g/mol. The zero-order valence-corrected chi connectivity index (χ0v) is 10.6. The second-order valence-electron chi connectivity index (χ2n) is 2.17. The van der Waals surface area contributed by atoms with Gasteiger partial charge in [-0.3, -0.25) is 4.79 Å². The minimum Gasteiger partial charge on any atom is -0.404 e. The molecular formula is C6H2F3I2NO2. The standard InChI is InChI=1S/C6H2F3I2NO2/c7-6(8,9)14-2-1-3(13)12-5(11)4(2)10/h1H,(H,12,13). The van der Waals surface area contributed by atoms with E-state index in [9.17, 15) is 18.0 Å². The second kappa shape index (κ2) is 4.24. The molecule has 8 heteroatoms. The van der Waals surface area contributed by atoms with E-state index in [4.69, 9.17) is 0 Å². The van der Waals surface area contributed by atoms with Crippen molar-refractivity contribution in [3.63, 3.8) is 0 Å². The molecule has 0 unspecified atom stereocenters. The molecule has 0 atom stereocenters. The van der Waals surface area contributed by atoms with Gasteiger partial charge in [-0.05, 0) is 45.2 Å². The average Bonchev–Trinajstić information content (AvgIpc) is 1.96. The molecule has 0 bridgehead atoms. The van der Waals surface area contributed by atoms with Crippen molar-refractivity contribution >= 4 is 45.2 Å². The van der Waals surface area contributed by atoms with Crippen LogP contribution < -0.4 is 10.3 Å². The first kappa shape index (κ1) is 12.1. The number of aromatic nitrogens is 1. The van der Waals surface area contributed by atoms with E-state index in [-0.39, 0.29) is 3.57 Å². The summed E-state index contributed by atoms with van der Waals surface area (Å²) in [5.41, 5.74) is -0.630. The lowest BCUT2D eigenvalue weighted by atomic mass is 10.4. The molecule has 0 aromatic carbocycles. The van der Waals surface area contributed by atoms with Gasteiger partial charge < -0.3 is 9.72 Å². The number of hydrogen-bond acceptors (Lipinski definition) is 2. The monoisotopic (exact) mass is 431 g/mol. The molecule has 0 amide bonds. The van der Waals surface area contributed by atoms with E-state index < -0.39 is 17.7 Å². The summed E-state index contributed by atoms with van der Waals surface area (Å²) < 4.78 is 39.7. The van der Waals surface area contributed by atoms with E-state index >= 15 is 0 Å². The Bertz CT molecular complexity index is 401. The van der Waals surface area contributed by atoms with Crippen LogP contribution in [0.5, 0.6) is 5.75 Å². The summed E-state index contributed by atoms with van der Waals surface area (Å²) in [6.45, 7) is 0. The minimum absolute atomic E-state index is 0.222. The molecule has 1 aromatic rings. The van der Waals surface area contributed by atoms with Crippen molar-refractivity contribution in [2.24, 2.45) is 0 Å². The predicted octanol–water partition coefficient (Wildman–Crippen LogP) is 2.48. The summed E-state index contributed by atoms with van der Waals surface area (Å²) in [6.07, 6.45) is -4.78. The van der Waals surface area contributed by atoms with Gasteiger partial charge in [0.1, 0.15) is 0 Å². The molecule has 1 rings (SSSR count). The highest BCUT2D eigenvalue weighted by atomic mass is 127. The summed E-state index contributed by atoms with van der Waals surface area (Å²) in [7, 11) is 0. The summed E-state index contributed by atoms with van der Waals surface area (Å²) in [5.74, 6) is -0.480. The number of aromatic amines is 1. The predicted molar refractivity (Wildman–Crippen MR) is 59.2 cm³/mol. The topological polar surface area (TPSA) is 42.1 Å². The Morgan fingerprint density at radius 1 is 1.36 bits per heavy atom. The zero-order chi connectivity index (χ0) is 10.9. The highest BCUT2D eigenvalue weighted by Gasteiger charge is 2.32. The maximum absolute atomic E-state index is 11.8. The van der Waals surface area contributed by atoms with E-state index in [1.54, 1.807) is 45.2 Å². The molecule has 1 heterocycles. The molecule has 1 aromatic heterocycles. The first-order chi connectivity index (χ1) is 6.29. The summed E-state index contributed by atoms with van der Waals surface area (Å²) in [4.78, 5) is 13.2. The normalized spacial score (nSPS) is 11.5. The van der Waals surface area contributed by atoms with Crippen LogP contribution in [-0.4, -0.2) is 11.3 Å². The van der Waals surface area contributed by atoms with Crippen LogP contribution in [0.2, 0.25) is 0 Å². The highest BCUT2D eigenvalue weighted by molar-refractivity contribution is 14.1. The van der Waals surface area contributed by atoms with Gasteiger partial charge in [-0.15, -0.1) is 13.2 Å². The van der Waals surface area contributed by atoms with E-state index in [2.05, 4.69) is 9.72 Å². The van der Waals surface area contributed by atoms with Gasteiger partial charge in [-0.1, -0.05) is 0 Å². The van der Waals surface area contributed by atoms with Crippen LogP contribution in [0.25, 0.3) is 0 Å². The Morgan fingerprint density at radius 3 is 2.43 bits per heavy atom. The molecule has 0 saturated heterocycles. The lowest BCUT2D eigenvalue weighted by Gasteiger charge is -2.10. The van der Waals surface area contributed by atoms with Crippen LogP contribution in [0, 0.1) is 7.27 Å². The van der Waals surface area contributed by atoms with Gasteiger partial charge in [0.2, 0.25) is 0 Å². The van der Waals surface area contributed by atoms with E-state index in [0.29, 0.717) is 3.70 Å². The van der Waals surface area contributed by atoms with Crippen LogP contribution >= 0.6 is 45.2 Å². The number of rotatable bonds is 1.